The minimum absolute atomic E-state index is 0.207. The van der Waals surface area contributed by atoms with Gasteiger partial charge in [-0.3, -0.25) is 4.79 Å². The summed E-state index contributed by atoms with van der Waals surface area (Å²) in [6.45, 7) is 5.42. The lowest BCUT2D eigenvalue weighted by molar-refractivity contribution is -0.137. The molecule has 0 saturated heterocycles. The van der Waals surface area contributed by atoms with Gasteiger partial charge < -0.3 is 20.4 Å². The first-order valence-corrected chi connectivity index (χ1v) is 11.9. The molecule has 0 atom stereocenters. The Morgan fingerprint density at radius 1 is 1.03 bits per heavy atom. The molecule has 2 aromatic carbocycles. The van der Waals surface area contributed by atoms with Gasteiger partial charge in [0.25, 0.3) is 5.91 Å². The zero-order valence-corrected chi connectivity index (χ0v) is 21.0. The number of aromatic nitrogens is 1. The van der Waals surface area contributed by atoms with Crippen molar-refractivity contribution in [2.45, 2.75) is 45.4 Å². The number of nitrogens with zero attached hydrogens (tertiary/aromatic N) is 1. The minimum atomic E-state index is -4.46. The van der Waals surface area contributed by atoms with Gasteiger partial charge in [0.1, 0.15) is 5.60 Å². The van der Waals surface area contributed by atoms with E-state index in [0.717, 1.165) is 28.3 Å². The van der Waals surface area contributed by atoms with Crippen molar-refractivity contribution < 1.29 is 32.3 Å². The van der Waals surface area contributed by atoms with Gasteiger partial charge in [0.15, 0.2) is 0 Å². The summed E-state index contributed by atoms with van der Waals surface area (Å²) >= 11 is 0. The van der Waals surface area contributed by atoms with Crippen LogP contribution in [0.25, 0.3) is 0 Å². The molecule has 0 fully saturated rings. The van der Waals surface area contributed by atoms with E-state index in [4.69, 9.17) is 4.74 Å². The number of aromatic amines is 1. The summed E-state index contributed by atoms with van der Waals surface area (Å²) in [5.41, 5.74) is 1.79. The Labute approximate surface area is 217 Å². The van der Waals surface area contributed by atoms with Crippen LogP contribution in [0.3, 0.4) is 0 Å². The maximum absolute atomic E-state index is 13.2. The molecule has 0 saturated carbocycles. The van der Waals surface area contributed by atoms with E-state index in [9.17, 15) is 27.6 Å². The second-order valence-corrected chi connectivity index (χ2v) is 9.89. The molecule has 11 heteroatoms. The van der Waals surface area contributed by atoms with Crippen LogP contribution in [-0.4, -0.2) is 40.1 Å². The minimum Gasteiger partial charge on any atom is -0.443 e. The molecule has 1 aliphatic heterocycles. The molecule has 38 heavy (non-hydrogen) atoms. The molecule has 8 nitrogen and oxygen atoms in total. The standard InChI is InChI=1S/C27H27F3N4O4/c1-26(2,3)38-25(37)34-12-11-21-22(23(34)35)17(15-31-21)13-16-5-4-6-20(14-16)33-24(36)32-19-9-7-18(8-10-19)27(28,29)30/h4-10,14-15,31H,11-13H2,1-3H3,(H2,32,33,36). The van der Waals surface area contributed by atoms with Gasteiger partial charge in [-0.25, -0.2) is 14.5 Å². The van der Waals surface area contributed by atoms with E-state index in [-0.39, 0.29) is 12.2 Å². The molecular weight excluding hydrogens is 501 g/mol. The number of imide groups is 1. The first-order valence-electron chi connectivity index (χ1n) is 11.9. The summed E-state index contributed by atoms with van der Waals surface area (Å²) in [4.78, 5) is 42.3. The fourth-order valence-electron chi connectivity index (χ4n) is 4.08. The highest BCUT2D eigenvalue weighted by atomic mass is 19.4. The molecule has 200 valence electrons. The lowest BCUT2D eigenvalue weighted by Gasteiger charge is -2.29. The van der Waals surface area contributed by atoms with Crippen molar-refractivity contribution in [3.63, 3.8) is 0 Å². The molecule has 0 spiro atoms. The largest absolute Gasteiger partial charge is 0.443 e. The van der Waals surface area contributed by atoms with Crippen molar-refractivity contribution in [2.24, 2.45) is 0 Å². The van der Waals surface area contributed by atoms with Crippen LogP contribution >= 0.6 is 0 Å². The first-order chi connectivity index (χ1) is 17.8. The van der Waals surface area contributed by atoms with E-state index in [1.165, 1.54) is 12.1 Å². The Morgan fingerprint density at radius 3 is 2.37 bits per heavy atom. The number of hydrogen-bond donors (Lipinski definition) is 3. The summed E-state index contributed by atoms with van der Waals surface area (Å²) in [5.74, 6) is -0.429. The summed E-state index contributed by atoms with van der Waals surface area (Å²) in [6, 6.07) is 10.5. The van der Waals surface area contributed by atoms with E-state index < -0.39 is 35.4 Å². The number of nitrogens with one attached hydrogen (secondary N) is 3. The normalized spacial score (nSPS) is 13.6. The summed E-state index contributed by atoms with van der Waals surface area (Å²) in [7, 11) is 0. The molecule has 1 aliphatic rings. The number of benzene rings is 2. The molecular formula is C27H27F3N4O4. The Bertz CT molecular complexity index is 1360. The van der Waals surface area contributed by atoms with E-state index in [1.807, 2.05) is 6.07 Å². The van der Waals surface area contributed by atoms with Crippen molar-refractivity contribution in [1.29, 1.82) is 0 Å². The van der Waals surface area contributed by atoms with Crippen molar-refractivity contribution in [2.75, 3.05) is 17.2 Å². The van der Waals surface area contributed by atoms with Crippen LogP contribution in [0, 0.1) is 0 Å². The number of ether oxygens (including phenoxy) is 1. The third-order valence-corrected chi connectivity index (χ3v) is 5.75. The number of carbonyl (C=O) groups is 3. The maximum Gasteiger partial charge on any atom is 0.417 e. The molecule has 0 unspecified atom stereocenters. The molecule has 0 bridgehead atoms. The van der Waals surface area contributed by atoms with Gasteiger partial charge in [0.2, 0.25) is 0 Å². The van der Waals surface area contributed by atoms with Crippen LogP contribution in [0.15, 0.2) is 54.7 Å². The fourth-order valence-corrected chi connectivity index (χ4v) is 4.08. The lowest BCUT2D eigenvalue weighted by Crippen LogP contribution is -2.44. The molecule has 2 heterocycles. The highest BCUT2D eigenvalue weighted by Gasteiger charge is 2.35. The number of halogens is 3. The second kappa shape index (κ2) is 10.2. The highest BCUT2D eigenvalue weighted by molar-refractivity contribution is 6.05. The van der Waals surface area contributed by atoms with Gasteiger partial charge in [-0.1, -0.05) is 12.1 Å². The molecule has 0 radical (unpaired) electrons. The summed E-state index contributed by atoms with van der Waals surface area (Å²) in [5, 5.41) is 5.15. The highest BCUT2D eigenvalue weighted by Crippen LogP contribution is 2.30. The van der Waals surface area contributed by atoms with Crippen LogP contribution in [-0.2, 0) is 23.8 Å². The van der Waals surface area contributed by atoms with Crippen molar-refractivity contribution in [3.8, 4) is 0 Å². The summed E-state index contributed by atoms with van der Waals surface area (Å²) in [6.07, 6.45) is -2.58. The SMILES string of the molecule is CC(C)(C)OC(=O)N1CCc2[nH]cc(Cc3cccc(NC(=O)Nc4ccc(C(F)(F)F)cc4)c3)c2C1=O. The Hall–Kier alpha value is -4.28. The number of urea groups is 1. The molecule has 4 amide bonds. The van der Waals surface area contributed by atoms with Crippen LogP contribution < -0.4 is 10.6 Å². The van der Waals surface area contributed by atoms with Crippen LogP contribution in [0.1, 0.15) is 53.5 Å². The van der Waals surface area contributed by atoms with Crippen LogP contribution in [0.2, 0.25) is 0 Å². The monoisotopic (exact) mass is 528 g/mol. The van der Waals surface area contributed by atoms with Gasteiger partial charge in [-0.2, -0.15) is 13.2 Å². The number of fused-ring (bicyclic) bond motifs is 1. The lowest BCUT2D eigenvalue weighted by atomic mass is 9.98. The number of carbonyl (C=O) groups excluding carboxylic acids is 3. The molecule has 1 aromatic heterocycles. The third-order valence-electron chi connectivity index (χ3n) is 5.75. The van der Waals surface area contributed by atoms with E-state index in [2.05, 4.69) is 15.6 Å². The average Bonchev–Trinajstić information content (AvgIpc) is 3.21. The molecule has 4 rings (SSSR count). The van der Waals surface area contributed by atoms with Gasteiger partial charge in [-0.05, 0) is 74.7 Å². The number of anilines is 2. The molecule has 3 N–H and O–H groups in total. The van der Waals surface area contributed by atoms with E-state index in [0.29, 0.717) is 29.7 Å². The molecule has 3 aromatic rings. The number of H-pyrrole nitrogens is 1. The van der Waals surface area contributed by atoms with Crippen LogP contribution in [0.5, 0.6) is 0 Å². The maximum atomic E-state index is 13.2. The van der Waals surface area contributed by atoms with Gasteiger partial charge in [-0.15, -0.1) is 0 Å². The number of alkyl halides is 3. The fraction of sp³-hybridized carbons (Fsp3) is 0.296. The topological polar surface area (TPSA) is 104 Å². The number of hydrogen-bond acceptors (Lipinski definition) is 4. The van der Waals surface area contributed by atoms with Crippen molar-refractivity contribution in [3.05, 3.63) is 82.7 Å². The summed E-state index contributed by atoms with van der Waals surface area (Å²) < 4.78 is 43.6. The van der Waals surface area contributed by atoms with Crippen molar-refractivity contribution >= 4 is 29.4 Å². The predicted octanol–water partition coefficient (Wildman–Crippen LogP) is 6.20. The third kappa shape index (κ3) is 6.34. The Kier molecular flexibility index (Phi) is 7.21. The van der Waals surface area contributed by atoms with E-state index in [1.54, 1.807) is 45.2 Å². The zero-order valence-electron chi connectivity index (χ0n) is 21.0. The smallest absolute Gasteiger partial charge is 0.417 e. The van der Waals surface area contributed by atoms with E-state index >= 15 is 0 Å². The van der Waals surface area contributed by atoms with Gasteiger partial charge >= 0.3 is 18.3 Å². The second-order valence-electron chi connectivity index (χ2n) is 9.89. The predicted molar refractivity (Wildman–Crippen MR) is 135 cm³/mol. The Morgan fingerprint density at radius 2 is 1.71 bits per heavy atom. The zero-order chi connectivity index (χ0) is 27.7. The quantitative estimate of drug-likeness (QED) is 0.375. The molecule has 0 aliphatic carbocycles. The first kappa shape index (κ1) is 26.8. The Balaban J connectivity index is 1.43. The number of rotatable bonds is 4. The average molecular weight is 529 g/mol. The van der Waals surface area contributed by atoms with Crippen molar-refractivity contribution in [1.82, 2.24) is 9.88 Å². The van der Waals surface area contributed by atoms with Crippen LogP contribution in [0.4, 0.5) is 34.1 Å². The van der Waals surface area contributed by atoms with Gasteiger partial charge in [0.05, 0.1) is 11.1 Å². The number of amides is 4. The van der Waals surface area contributed by atoms with Gasteiger partial charge in [0, 0.05) is 36.2 Å².